The van der Waals surface area contributed by atoms with Crippen molar-refractivity contribution in [3.8, 4) is 33.4 Å². The molecule has 1 aliphatic heterocycles. The van der Waals surface area contributed by atoms with Crippen molar-refractivity contribution >= 4 is 33.0 Å². The Kier molecular flexibility index (Phi) is 7.56. The van der Waals surface area contributed by atoms with Crippen LogP contribution in [0.1, 0.15) is 22.9 Å². The highest BCUT2D eigenvalue weighted by Crippen LogP contribution is 2.36. The van der Waals surface area contributed by atoms with Gasteiger partial charge in [0.05, 0.1) is 5.71 Å². The molecule has 2 heterocycles. The van der Waals surface area contributed by atoms with E-state index in [4.69, 9.17) is 4.99 Å². The molecule has 1 aromatic heterocycles. The molecule has 50 heavy (non-hydrogen) atoms. The smallest absolute Gasteiger partial charge is 0.145 e. The molecule has 0 spiro atoms. The van der Waals surface area contributed by atoms with E-state index in [1.807, 2.05) is 12.3 Å². The summed E-state index contributed by atoms with van der Waals surface area (Å²) in [4.78, 5) is 9.64. The molecule has 0 radical (unpaired) electrons. The predicted octanol–water partition coefficient (Wildman–Crippen LogP) is 11.5. The fourth-order valence-electron chi connectivity index (χ4n) is 7.02. The number of allylic oxidation sites excluding steroid dienone is 1. The standard InChI is InChI=1S/C47H33N3/c1-2-10-32(11-3-1)33-21-25-36(26-22-33)47-49-45(35-23-19-34(20-24-35)40-15-9-27-48-31-40)30-46(50-47)39-14-8-13-37(28-39)44-29-38-12-4-5-16-41(38)42-17-6-7-18-43(42)44/h1-31,47,49H. The van der Waals surface area contributed by atoms with Crippen molar-refractivity contribution in [3.63, 3.8) is 0 Å². The van der Waals surface area contributed by atoms with Crippen LogP contribution in [0.4, 0.5) is 0 Å². The van der Waals surface area contributed by atoms with Gasteiger partial charge in [-0.25, -0.2) is 0 Å². The van der Waals surface area contributed by atoms with Crippen LogP contribution >= 0.6 is 0 Å². The summed E-state index contributed by atoms with van der Waals surface area (Å²) in [5.41, 5.74) is 12.3. The Bertz CT molecular complexity index is 2530. The molecule has 7 aromatic carbocycles. The minimum Gasteiger partial charge on any atom is -0.360 e. The van der Waals surface area contributed by atoms with Crippen molar-refractivity contribution < 1.29 is 0 Å². The van der Waals surface area contributed by atoms with Crippen molar-refractivity contribution in [1.82, 2.24) is 10.3 Å². The Morgan fingerprint density at radius 1 is 0.440 bits per heavy atom. The van der Waals surface area contributed by atoms with E-state index in [2.05, 4.69) is 180 Å². The summed E-state index contributed by atoms with van der Waals surface area (Å²) in [5.74, 6) is 0. The van der Waals surface area contributed by atoms with Crippen LogP contribution in [0.3, 0.4) is 0 Å². The summed E-state index contributed by atoms with van der Waals surface area (Å²) in [7, 11) is 0. The molecule has 0 saturated carbocycles. The van der Waals surface area contributed by atoms with E-state index >= 15 is 0 Å². The van der Waals surface area contributed by atoms with Crippen LogP contribution in [0.25, 0.3) is 60.6 Å². The zero-order valence-electron chi connectivity index (χ0n) is 27.4. The van der Waals surface area contributed by atoms with E-state index in [0.29, 0.717) is 0 Å². The number of pyridine rings is 1. The molecular weight excluding hydrogens is 607 g/mol. The van der Waals surface area contributed by atoms with E-state index < -0.39 is 0 Å². The van der Waals surface area contributed by atoms with Gasteiger partial charge in [0.15, 0.2) is 0 Å². The average molecular weight is 640 g/mol. The lowest BCUT2D eigenvalue weighted by molar-refractivity contribution is 0.664. The molecule has 8 aromatic rings. The summed E-state index contributed by atoms with van der Waals surface area (Å²) >= 11 is 0. The molecule has 0 amide bonds. The molecule has 1 unspecified atom stereocenters. The summed E-state index contributed by atoms with van der Waals surface area (Å²) in [6.07, 6.45) is 5.64. The Labute approximate surface area is 292 Å². The van der Waals surface area contributed by atoms with Crippen molar-refractivity contribution in [2.24, 2.45) is 4.99 Å². The van der Waals surface area contributed by atoms with Gasteiger partial charge in [0.1, 0.15) is 6.17 Å². The second kappa shape index (κ2) is 12.8. The highest BCUT2D eigenvalue weighted by atomic mass is 15.1. The molecule has 236 valence electrons. The highest BCUT2D eigenvalue weighted by molar-refractivity contribution is 6.16. The van der Waals surface area contributed by atoms with Gasteiger partial charge in [-0.1, -0.05) is 152 Å². The highest BCUT2D eigenvalue weighted by Gasteiger charge is 2.20. The number of aromatic nitrogens is 1. The van der Waals surface area contributed by atoms with Crippen molar-refractivity contribution in [2.45, 2.75) is 6.17 Å². The molecule has 1 atom stereocenters. The van der Waals surface area contributed by atoms with Gasteiger partial charge in [-0.3, -0.25) is 9.98 Å². The van der Waals surface area contributed by atoms with Crippen LogP contribution in [-0.2, 0) is 0 Å². The van der Waals surface area contributed by atoms with Crippen LogP contribution in [0, 0.1) is 0 Å². The first-order valence-electron chi connectivity index (χ1n) is 17.0. The number of nitrogens with zero attached hydrogens (tertiary/aromatic N) is 2. The monoisotopic (exact) mass is 639 g/mol. The van der Waals surface area contributed by atoms with Gasteiger partial charge >= 0.3 is 0 Å². The quantitative estimate of drug-likeness (QED) is 0.184. The first kappa shape index (κ1) is 29.6. The van der Waals surface area contributed by atoms with E-state index in [0.717, 1.165) is 39.2 Å². The summed E-state index contributed by atoms with van der Waals surface area (Å²) in [6.45, 7) is 0. The lowest BCUT2D eigenvalue weighted by atomic mass is 9.92. The molecule has 1 aliphatic rings. The number of hydrogen-bond donors (Lipinski definition) is 1. The van der Waals surface area contributed by atoms with Gasteiger partial charge < -0.3 is 5.32 Å². The topological polar surface area (TPSA) is 37.3 Å². The number of benzene rings is 7. The van der Waals surface area contributed by atoms with Crippen molar-refractivity contribution in [3.05, 3.63) is 205 Å². The van der Waals surface area contributed by atoms with E-state index in [1.54, 1.807) is 6.20 Å². The third-order valence-electron chi connectivity index (χ3n) is 9.60. The molecule has 9 rings (SSSR count). The van der Waals surface area contributed by atoms with Crippen LogP contribution in [0.15, 0.2) is 193 Å². The maximum atomic E-state index is 5.33. The van der Waals surface area contributed by atoms with Crippen molar-refractivity contribution in [2.75, 3.05) is 0 Å². The first-order valence-corrected chi connectivity index (χ1v) is 17.0. The molecule has 0 aliphatic carbocycles. The Balaban J connectivity index is 1.13. The SMILES string of the molecule is C1=C(c2ccc(-c3cccnc3)cc2)NC(c2ccc(-c3ccccc3)cc2)N=C1c1cccc(-c2cc3ccccc3c3ccccc23)c1. The van der Waals surface area contributed by atoms with E-state index in [9.17, 15) is 0 Å². The summed E-state index contributed by atoms with van der Waals surface area (Å²) in [6, 6.07) is 60.5. The van der Waals surface area contributed by atoms with Crippen LogP contribution in [0.2, 0.25) is 0 Å². The zero-order chi connectivity index (χ0) is 33.3. The predicted molar refractivity (Wildman–Crippen MR) is 209 cm³/mol. The van der Waals surface area contributed by atoms with E-state index in [-0.39, 0.29) is 6.17 Å². The minimum atomic E-state index is -0.252. The van der Waals surface area contributed by atoms with Crippen LogP contribution < -0.4 is 5.32 Å². The van der Waals surface area contributed by atoms with E-state index in [1.165, 1.54) is 43.8 Å². The maximum absolute atomic E-state index is 5.33. The van der Waals surface area contributed by atoms with Gasteiger partial charge in [0.2, 0.25) is 0 Å². The molecule has 3 heteroatoms. The van der Waals surface area contributed by atoms with Crippen LogP contribution in [0.5, 0.6) is 0 Å². The molecule has 1 N–H and O–H groups in total. The Morgan fingerprint density at radius 3 is 1.86 bits per heavy atom. The third-order valence-corrected chi connectivity index (χ3v) is 9.60. The van der Waals surface area contributed by atoms with Gasteiger partial charge in [-0.05, 0) is 90.3 Å². The molecular formula is C47H33N3. The fourth-order valence-corrected chi connectivity index (χ4v) is 7.02. The third kappa shape index (κ3) is 5.65. The largest absolute Gasteiger partial charge is 0.360 e. The number of nitrogens with one attached hydrogen (secondary N) is 1. The maximum Gasteiger partial charge on any atom is 0.145 e. The number of rotatable bonds is 6. The summed E-state index contributed by atoms with van der Waals surface area (Å²) in [5, 5.41) is 8.78. The number of hydrogen-bond acceptors (Lipinski definition) is 3. The minimum absolute atomic E-state index is 0.252. The van der Waals surface area contributed by atoms with Gasteiger partial charge in [0, 0.05) is 23.7 Å². The second-order valence-corrected chi connectivity index (χ2v) is 12.7. The van der Waals surface area contributed by atoms with Gasteiger partial charge in [-0.15, -0.1) is 0 Å². The summed E-state index contributed by atoms with van der Waals surface area (Å²) < 4.78 is 0. The number of fused-ring (bicyclic) bond motifs is 3. The molecule has 0 bridgehead atoms. The van der Waals surface area contributed by atoms with Crippen LogP contribution in [-0.4, -0.2) is 10.7 Å². The van der Waals surface area contributed by atoms with Gasteiger partial charge in [-0.2, -0.15) is 0 Å². The van der Waals surface area contributed by atoms with Gasteiger partial charge in [0.25, 0.3) is 0 Å². The normalized spacial score (nSPS) is 14.2. The number of aliphatic imine (C=N–C) groups is 1. The second-order valence-electron chi connectivity index (χ2n) is 12.7. The zero-order valence-corrected chi connectivity index (χ0v) is 27.4. The average Bonchev–Trinajstić information content (AvgIpc) is 3.21. The molecule has 0 saturated heterocycles. The lowest BCUT2D eigenvalue weighted by Crippen LogP contribution is -2.24. The molecule has 0 fully saturated rings. The van der Waals surface area contributed by atoms with Crippen molar-refractivity contribution in [1.29, 1.82) is 0 Å². The molecule has 3 nitrogen and oxygen atoms in total. The Morgan fingerprint density at radius 2 is 1.06 bits per heavy atom. The Hall–Kier alpha value is -6.58. The first-order chi connectivity index (χ1) is 24.8. The lowest BCUT2D eigenvalue weighted by Gasteiger charge is -2.25. The fraction of sp³-hybridized carbons (Fsp3) is 0.0213.